The van der Waals surface area contributed by atoms with Crippen LogP contribution < -0.4 is 5.32 Å². The van der Waals surface area contributed by atoms with Crippen LogP contribution in [0.5, 0.6) is 0 Å². The summed E-state index contributed by atoms with van der Waals surface area (Å²) < 4.78 is 1.80. The van der Waals surface area contributed by atoms with E-state index < -0.39 is 0 Å². The Morgan fingerprint density at radius 1 is 1.65 bits per heavy atom. The Kier molecular flexibility index (Phi) is 3.19. The van der Waals surface area contributed by atoms with Crippen LogP contribution in [0, 0.1) is 6.92 Å². The standard InChI is InChI=1S/C11H13ClN4O/c1-3-16-6-8(12)4-9(16)11(17)14-10-7(2)5-13-15-10/h4-6H,3H2,1-2H3,(H2,13,14,15,17). The summed E-state index contributed by atoms with van der Waals surface area (Å²) in [6.07, 6.45) is 3.39. The maximum absolute atomic E-state index is 12.0. The van der Waals surface area contributed by atoms with Crippen molar-refractivity contribution < 1.29 is 4.79 Å². The third-order valence-electron chi connectivity index (χ3n) is 2.50. The molecule has 17 heavy (non-hydrogen) atoms. The van der Waals surface area contributed by atoms with Gasteiger partial charge in [0, 0.05) is 18.3 Å². The molecule has 0 aliphatic carbocycles. The first-order chi connectivity index (χ1) is 8.11. The van der Waals surface area contributed by atoms with E-state index >= 15 is 0 Å². The van der Waals surface area contributed by atoms with Crippen molar-refractivity contribution in [1.29, 1.82) is 0 Å². The third-order valence-corrected chi connectivity index (χ3v) is 2.71. The van der Waals surface area contributed by atoms with E-state index in [0.29, 0.717) is 23.1 Å². The molecule has 2 aromatic rings. The molecule has 0 saturated heterocycles. The molecule has 5 nitrogen and oxygen atoms in total. The van der Waals surface area contributed by atoms with Crippen LogP contribution in [0.3, 0.4) is 0 Å². The number of hydrogen-bond acceptors (Lipinski definition) is 2. The van der Waals surface area contributed by atoms with Gasteiger partial charge in [-0.05, 0) is 19.9 Å². The second-order valence-corrected chi connectivity index (χ2v) is 4.15. The predicted octanol–water partition coefficient (Wildman–Crippen LogP) is 2.45. The van der Waals surface area contributed by atoms with E-state index in [1.807, 2.05) is 13.8 Å². The van der Waals surface area contributed by atoms with Gasteiger partial charge >= 0.3 is 0 Å². The summed E-state index contributed by atoms with van der Waals surface area (Å²) in [5, 5.41) is 9.88. The van der Waals surface area contributed by atoms with E-state index in [9.17, 15) is 4.79 Å². The van der Waals surface area contributed by atoms with Crippen molar-refractivity contribution in [2.24, 2.45) is 0 Å². The molecule has 0 saturated carbocycles. The minimum Gasteiger partial charge on any atom is -0.342 e. The van der Waals surface area contributed by atoms with Gasteiger partial charge in [0.2, 0.25) is 0 Å². The normalized spacial score (nSPS) is 10.5. The number of aromatic amines is 1. The lowest BCUT2D eigenvalue weighted by Crippen LogP contribution is -2.17. The van der Waals surface area contributed by atoms with E-state index in [1.165, 1.54) is 0 Å². The number of amides is 1. The second-order valence-electron chi connectivity index (χ2n) is 3.71. The Morgan fingerprint density at radius 2 is 2.41 bits per heavy atom. The number of aromatic nitrogens is 3. The number of nitrogens with one attached hydrogen (secondary N) is 2. The van der Waals surface area contributed by atoms with Gasteiger partial charge in [-0.3, -0.25) is 9.89 Å². The number of H-pyrrole nitrogens is 1. The number of aryl methyl sites for hydroxylation is 2. The fourth-order valence-electron chi connectivity index (χ4n) is 1.58. The molecule has 0 fully saturated rings. The number of carbonyl (C=O) groups excluding carboxylic acids is 1. The van der Waals surface area contributed by atoms with E-state index in [2.05, 4.69) is 15.5 Å². The smallest absolute Gasteiger partial charge is 0.273 e. The van der Waals surface area contributed by atoms with Gasteiger partial charge < -0.3 is 9.88 Å². The summed E-state index contributed by atoms with van der Waals surface area (Å²) in [7, 11) is 0. The molecular weight excluding hydrogens is 240 g/mol. The Hall–Kier alpha value is -1.75. The number of rotatable bonds is 3. The summed E-state index contributed by atoms with van der Waals surface area (Å²) in [6.45, 7) is 4.51. The van der Waals surface area contributed by atoms with Crippen LogP contribution >= 0.6 is 11.6 Å². The maximum Gasteiger partial charge on any atom is 0.273 e. The van der Waals surface area contributed by atoms with Crippen LogP contribution in [-0.2, 0) is 6.54 Å². The van der Waals surface area contributed by atoms with Gasteiger partial charge in [0.05, 0.1) is 11.2 Å². The summed E-state index contributed by atoms with van der Waals surface area (Å²) in [4.78, 5) is 12.0. The number of hydrogen-bond donors (Lipinski definition) is 2. The van der Waals surface area contributed by atoms with Crippen LogP contribution in [0.4, 0.5) is 5.82 Å². The number of nitrogens with zero attached hydrogens (tertiary/aromatic N) is 2. The first-order valence-electron chi connectivity index (χ1n) is 5.28. The lowest BCUT2D eigenvalue weighted by molar-refractivity contribution is 0.101. The molecular formula is C11H13ClN4O. The predicted molar refractivity (Wildman–Crippen MR) is 66.4 cm³/mol. The summed E-state index contributed by atoms with van der Waals surface area (Å²) in [5.41, 5.74) is 1.42. The van der Waals surface area contributed by atoms with Crippen LogP contribution in [-0.4, -0.2) is 20.7 Å². The van der Waals surface area contributed by atoms with Gasteiger partial charge in [-0.25, -0.2) is 0 Å². The molecule has 2 N–H and O–H groups in total. The van der Waals surface area contributed by atoms with Gasteiger partial charge in [-0.2, -0.15) is 5.10 Å². The molecule has 0 radical (unpaired) electrons. The molecule has 0 aromatic carbocycles. The van der Waals surface area contributed by atoms with Gasteiger partial charge in [-0.1, -0.05) is 11.6 Å². The van der Waals surface area contributed by atoms with Crippen molar-refractivity contribution in [3.05, 3.63) is 34.7 Å². The molecule has 1 amide bonds. The van der Waals surface area contributed by atoms with Crippen molar-refractivity contribution in [1.82, 2.24) is 14.8 Å². The van der Waals surface area contributed by atoms with Crippen LogP contribution in [0.2, 0.25) is 5.02 Å². The van der Waals surface area contributed by atoms with Gasteiger partial charge in [0.25, 0.3) is 5.91 Å². The molecule has 2 rings (SSSR count). The van der Waals surface area contributed by atoms with Crippen molar-refractivity contribution >= 4 is 23.3 Å². The van der Waals surface area contributed by atoms with E-state index in [4.69, 9.17) is 11.6 Å². The lowest BCUT2D eigenvalue weighted by atomic mass is 10.3. The first kappa shape index (κ1) is 11.7. The van der Waals surface area contributed by atoms with Crippen molar-refractivity contribution in [3.8, 4) is 0 Å². The molecule has 2 heterocycles. The minimum atomic E-state index is -0.203. The molecule has 0 unspecified atom stereocenters. The minimum absolute atomic E-state index is 0.203. The largest absolute Gasteiger partial charge is 0.342 e. The van der Waals surface area contributed by atoms with Crippen LogP contribution in [0.15, 0.2) is 18.5 Å². The third kappa shape index (κ3) is 2.34. The van der Waals surface area contributed by atoms with Crippen molar-refractivity contribution in [2.45, 2.75) is 20.4 Å². The number of anilines is 1. The fourth-order valence-corrected chi connectivity index (χ4v) is 1.80. The first-order valence-corrected chi connectivity index (χ1v) is 5.66. The zero-order valence-electron chi connectivity index (χ0n) is 9.62. The zero-order valence-corrected chi connectivity index (χ0v) is 10.4. The number of halogens is 1. The highest BCUT2D eigenvalue weighted by molar-refractivity contribution is 6.31. The Morgan fingerprint density at radius 3 is 3.00 bits per heavy atom. The molecule has 2 aromatic heterocycles. The number of carbonyl (C=O) groups is 1. The van der Waals surface area contributed by atoms with E-state index in [-0.39, 0.29) is 5.91 Å². The lowest BCUT2D eigenvalue weighted by Gasteiger charge is -2.06. The van der Waals surface area contributed by atoms with E-state index in [1.54, 1.807) is 23.0 Å². The monoisotopic (exact) mass is 252 g/mol. The summed E-state index contributed by atoms with van der Waals surface area (Å²) in [6, 6.07) is 1.64. The highest BCUT2D eigenvalue weighted by atomic mass is 35.5. The molecule has 0 atom stereocenters. The average molecular weight is 253 g/mol. The Labute approximate surface area is 104 Å². The fraction of sp³-hybridized carbons (Fsp3) is 0.273. The van der Waals surface area contributed by atoms with Crippen molar-refractivity contribution in [2.75, 3.05) is 5.32 Å². The molecule has 90 valence electrons. The van der Waals surface area contributed by atoms with Gasteiger partial charge in [0.15, 0.2) is 0 Å². The molecule has 0 aliphatic heterocycles. The van der Waals surface area contributed by atoms with Crippen molar-refractivity contribution in [3.63, 3.8) is 0 Å². The Bertz CT molecular complexity index is 543. The van der Waals surface area contributed by atoms with E-state index in [0.717, 1.165) is 5.56 Å². The summed E-state index contributed by atoms with van der Waals surface area (Å²) >= 11 is 5.88. The maximum atomic E-state index is 12.0. The average Bonchev–Trinajstić information content (AvgIpc) is 2.85. The summed E-state index contributed by atoms with van der Waals surface area (Å²) in [5.74, 6) is 0.404. The molecule has 0 aliphatic rings. The Balaban J connectivity index is 2.23. The molecule has 0 spiro atoms. The topological polar surface area (TPSA) is 62.7 Å². The SMILES string of the molecule is CCn1cc(Cl)cc1C(=O)Nc1[nH]ncc1C. The molecule has 0 bridgehead atoms. The van der Waals surface area contributed by atoms with Crippen LogP contribution in [0.1, 0.15) is 23.0 Å². The molecule has 6 heteroatoms. The highest BCUT2D eigenvalue weighted by Gasteiger charge is 2.14. The zero-order chi connectivity index (χ0) is 12.4. The highest BCUT2D eigenvalue weighted by Crippen LogP contribution is 2.16. The van der Waals surface area contributed by atoms with Gasteiger partial charge in [0.1, 0.15) is 11.5 Å². The second kappa shape index (κ2) is 4.63. The van der Waals surface area contributed by atoms with Crippen LogP contribution in [0.25, 0.3) is 0 Å². The van der Waals surface area contributed by atoms with Gasteiger partial charge in [-0.15, -0.1) is 0 Å². The quantitative estimate of drug-likeness (QED) is 0.881.